The molecule has 0 saturated heterocycles. The zero-order valence-corrected chi connectivity index (χ0v) is 24.9. The lowest BCUT2D eigenvalue weighted by Crippen LogP contribution is -2.52. The number of benzene rings is 3. The normalized spacial score (nSPS) is 12.7. The number of hydrogen-bond acceptors (Lipinski definition) is 5. The molecule has 2 atom stereocenters. The molecule has 1 N–H and O–H groups in total. The van der Waals surface area contributed by atoms with E-state index in [0.29, 0.717) is 18.8 Å². The Balaban J connectivity index is 2.01. The van der Waals surface area contributed by atoms with Gasteiger partial charge in [-0.3, -0.25) is 13.9 Å². The molecule has 0 saturated carbocycles. The van der Waals surface area contributed by atoms with Crippen molar-refractivity contribution in [3.8, 4) is 5.75 Å². The van der Waals surface area contributed by atoms with Gasteiger partial charge in [-0.2, -0.15) is 0 Å². The van der Waals surface area contributed by atoms with Crippen LogP contribution in [0.5, 0.6) is 5.75 Å². The van der Waals surface area contributed by atoms with Crippen LogP contribution in [-0.4, -0.2) is 50.4 Å². The molecule has 0 unspecified atom stereocenters. The van der Waals surface area contributed by atoms with Gasteiger partial charge in [-0.15, -0.1) is 0 Å². The molecule has 220 valence electrons. The van der Waals surface area contributed by atoms with Gasteiger partial charge in [0.15, 0.2) is 0 Å². The van der Waals surface area contributed by atoms with Crippen LogP contribution in [0.25, 0.3) is 0 Å². The van der Waals surface area contributed by atoms with Crippen LogP contribution < -0.4 is 14.4 Å². The van der Waals surface area contributed by atoms with Crippen molar-refractivity contribution in [2.24, 2.45) is 0 Å². The number of amides is 2. The Labute approximate surface area is 242 Å². The summed E-state index contributed by atoms with van der Waals surface area (Å²) in [5.74, 6) is -0.976. The highest BCUT2D eigenvalue weighted by atomic mass is 32.2. The Morgan fingerprint density at radius 2 is 1.63 bits per heavy atom. The second-order valence-electron chi connectivity index (χ2n) is 9.90. The molecule has 3 rings (SSSR count). The van der Waals surface area contributed by atoms with Gasteiger partial charge in [-0.1, -0.05) is 36.8 Å². The molecule has 0 aliphatic heterocycles. The van der Waals surface area contributed by atoms with Gasteiger partial charge in [0.05, 0.1) is 17.2 Å². The van der Waals surface area contributed by atoms with Crippen LogP contribution in [0, 0.1) is 12.7 Å². The van der Waals surface area contributed by atoms with E-state index in [-0.39, 0.29) is 29.1 Å². The molecule has 3 aromatic rings. The summed E-state index contributed by atoms with van der Waals surface area (Å²) in [7, 11) is -4.27. The standard InChI is InChI=1S/C31H38FN3O5S/c1-6-23(4)33-31(37)24(5)34(20-25-10-8-9-22(3)19-25)30(36)21-35(27-13-11-26(32)12-14-27)41(38,39)29-17-15-28(16-18-29)40-7-2/h8-19,23-24H,6-7,20-21H2,1-5H3,(H,33,37)/t23-,24-/m0/s1. The van der Waals surface area contributed by atoms with Crippen molar-refractivity contribution in [3.05, 3.63) is 89.7 Å². The number of nitrogens with zero attached hydrogens (tertiary/aromatic N) is 2. The SMILES string of the molecule is CCOc1ccc(S(=O)(=O)N(CC(=O)N(Cc2cccc(C)c2)[C@@H](C)C(=O)N[C@@H](C)CC)c2ccc(F)cc2)cc1. The van der Waals surface area contributed by atoms with Crippen LogP contribution in [0.1, 0.15) is 45.2 Å². The molecule has 0 heterocycles. The van der Waals surface area contributed by atoms with Gasteiger partial charge in [-0.05, 0) is 88.2 Å². The Bertz CT molecular complexity index is 1430. The van der Waals surface area contributed by atoms with E-state index in [2.05, 4.69) is 5.32 Å². The monoisotopic (exact) mass is 583 g/mol. The summed E-state index contributed by atoms with van der Waals surface area (Å²) in [5, 5.41) is 2.91. The van der Waals surface area contributed by atoms with Crippen LogP contribution in [0.15, 0.2) is 77.7 Å². The number of anilines is 1. The molecule has 2 amide bonds. The summed E-state index contributed by atoms with van der Waals surface area (Å²) in [6.07, 6.45) is 0.711. The Morgan fingerprint density at radius 1 is 0.976 bits per heavy atom. The minimum absolute atomic E-state index is 0.0640. The van der Waals surface area contributed by atoms with E-state index in [1.807, 2.05) is 52.0 Å². The number of rotatable bonds is 13. The molecule has 0 aromatic heterocycles. The van der Waals surface area contributed by atoms with E-state index in [4.69, 9.17) is 4.74 Å². The maximum Gasteiger partial charge on any atom is 0.264 e. The number of halogens is 1. The first-order chi connectivity index (χ1) is 19.5. The summed E-state index contributed by atoms with van der Waals surface area (Å²) < 4.78 is 47.9. The molecule has 10 heteroatoms. The van der Waals surface area contributed by atoms with Crippen LogP contribution in [0.4, 0.5) is 10.1 Å². The molecule has 0 fully saturated rings. The van der Waals surface area contributed by atoms with Crippen molar-refractivity contribution < 1.29 is 27.1 Å². The van der Waals surface area contributed by atoms with Crippen LogP contribution in [-0.2, 0) is 26.2 Å². The number of hydrogen-bond donors (Lipinski definition) is 1. The Morgan fingerprint density at radius 3 is 2.22 bits per heavy atom. The molecular formula is C31H38FN3O5S. The molecule has 8 nitrogen and oxygen atoms in total. The number of carbonyl (C=O) groups is 2. The van der Waals surface area contributed by atoms with Crippen molar-refractivity contribution in [2.75, 3.05) is 17.5 Å². The maximum atomic E-state index is 13.9. The van der Waals surface area contributed by atoms with Crippen molar-refractivity contribution in [1.29, 1.82) is 0 Å². The molecule has 0 aliphatic carbocycles. The van der Waals surface area contributed by atoms with Gasteiger partial charge >= 0.3 is 0 Å². The molecular weight excluding hydrogens is 545 g/mol. The van der Waals surface area contributed by atoms with Gasteiger partial charge < -0.3 is 15.0 Å². The average molecular weight is 584 g/mol. The summed E-state index contributed by atoms with van der Waals surface area (Å²) in [6, 6.07) is 17.3. The minimum Gasteiger partial charge on any atom is -0.494 e. The number of aryl methyl sites for hydroxylation is 1. The fourth-order valence-electron chi connectivity index (χ4n) is 4.19. The second kappa shape index (κ2) is 14.1. The van der Waals surface area contributed by atoms with Crippen LogP contribution in [0.3, 0.4) is 0 Å². The Kier molecular flexibility index (Phi) is 10.9. The van der Waals surface area contributed by atoms with Crippen LogP contribution in [0.2, 0.25) is 0 Å². The van der Waals surface area contributed by atoms with Crippen molar-refractivity contribution >= 4 is 27.5 Å². The van der Waals surface area contributed by atoms with Gasteiger partial charge in [0.2, 0.25) is 11.8 Å². The third kappa shape index (κ3) is 8.29. The van der Waals surface area contributed by atoms with Gasteiger partial charge in [0, 0.05) is 12.6 Å². The fraction of sp³-hybridized carbons (Fsp3) is 0.355. The van der Waals surface area contributed by atoms with Crippen LogP contribution >= 0.6 is 0 Å². The Hall–Kier alpha value is -3.92. The topological polar surface area (TPSA) is 96.0 Å². The molecule has 0 bridgehead atoms. The molecule has 41 heavy (non-hydrogen) atoms. The molecule has 0 spiro atoms. The zero-order chi connectivity index (χ0) is 30.2. The molecule has 0 aliphatic rings. The summed E-state index contributed by atoms with van der Waals surface area (Å²) >= 11 is 0. The van der Waals surface area contributed by atoms with E-state index in [1.165, 1.54) is 41.3 Å². The van der Waals surface area contributed by atoms with E-state index in [1.54, 1.807) is 6.92 Å². The lowest BCUT2D eigenvalue weighted by Gasteiger charge is -2.32. The fourth-order valence-corrected chi connectivity index (χ4v) is 5.61. The minimum atomic E-state index is -4.27. The van der Waals surface area contributed by atoms with Gasteiger partial charge in [-0.25, -0.2) is 12.8 Å². The lowest BCUT2D eigenvalue weighted by molar-refractivity contribution is -0.139. The lowest BCUT2D eigenvalue weighted by atomic mass is 10.1. The highest BCUT2D eigenvalue weighted by Gasteiger charge is 2.33. The largest absolute Gasteiger partial charge is 0.494 e. The second-order valence-corrected chi connectivity index (χ2v) is 11.8. The maximum absolute atomic E-state index is 13.9. The van der Waals surface area contributed by atoms with Crippen molar-refractivity contribution in [3.63, 3.8) is 0 Å². The van der Waals surface area contributed by atoms with E-state index < -0.39 is 34.3 Å². The first kappa shape index (κ1) is 31.6. The smallest absolute Gasteiger partial charge is 0.264 e. The first-order valence-electron chi connectivity index (χ1n) is 13.6. The first-order valence-corrected chi connectivity index (χ1v) is 15.1. The third-order valence-corrected chi connectivity index (χ3v) is 8.51. The van der Waals surface area contributed by atoms with Gasteiger partial charge in [0.1, 0.15) is 24.2 Å². The third-order valence-electron chi connectivity index (χ3n) is 6.72. The predicted octanol–water partition coefficient (Wildman–Crippen LogP) is 5.06. The number of ether oxygens (including phenoxy) is 1. The van der Waals surface area contributed by atoms with E-state index in [0.717, 1.165) is 27.6 Å². The van der Waals surface area contributed by atoms with Crippen molar-refractivity contribution in [1.82, 2.24) is 10.2 Å². The van der Waals surface area contributed by atoms with E-state index >= 15 is 0 Å². The summed E-state index contributed by atoms with van der Waals surface area (Å²) in [4.78, 5) is 28.4. The zero-order valence-electron chi connectivity index (χ0n) is 24.1. The highest BCUT2D eigenvalue weighted by molar-refractivity contribution is 7.92. The van der Waals surface area contributed by atoms with Gasteiger partial charge in [0.25, 0.3) is 10.0 Å². The number of carbonyl (C=O) groups excluding carboxylic acids is 2. The molecule has 0 radical (unpaired) electrons. The number of nitrogens with one attached hydrogen (secondary N) is 1. The summed E-state index contributed by atoms with van der Waals surface area (Å²) in [6.45, 7) is 9.09. The van der Waals surface area contributed by atoms with E-state index in [9.17, 15) is 22.4 Å². The quantitative estimate of drug-likeness (QED) is 0.304. The predicted molar refractivity (Wildman–Crippen MR) is 158 cm³/mol. The number of sulfonamides is 1. The summed E-state index contributed by atoms with van der Waals surface area (Å²) in [5.41, 5.74) is 1.89. The highest BCUT2D eigenvalue weighted by Crippen LogP contribution is 2.26. The van der Waals surface area contributed by atoms with Crippen molar-refractivity contribution in [2.45, 2.75) is 64.6 Å². The average Bonchev–Trinajstić information content (AvgIpc) is 2.95. The molecule has 3 aromatic carbocycles.